The van der Waals surface area contributed by atoms with Crippen LogP contribution in [-0.2, 0) is 16.4 Å². The summed E-state index contributed by atoms with van der Waals surface area (Å²) in [5.74, 6) is 0. The van der Waals surface area contributed by atoms with Gasteiger partial charge in [-0.1, -0.05) is 14.5 Å². The van der Waals surface area contributed by atoms with E-state index in [0.29, 0.717) is 23.4 Å². The van der Waals surface area contributed by atoms with Crippen molar-refractivity contribution < 1.29 is 8.42 Å². The molecule has 0 saturated heterocycles. The van der Waals surface area contributed by atoms with Gasteiger partial charge in [0.05, 0.1) is 23.6 Å². The van der Waals surface area contributed by atoms with Crippen LogP contribution in [0.4, 0.5) is 11.4 Å². The van der Waals surface area contributed by atoms with Crippen LogP contribution in [-0.4, -0.2) is 18.6 Å². The Morgan fingerprint density at radius 3 is 2.79 bits per heavy atom. The number of aryl methyl sites for hydroxylation is 1. The van der Waals surface area contributed by atoms with Crippen LogP contribution >= 0.6 is 20.7 Å². The first kappa shape index (κ1) is 18.3. The van der Waals surface area contributed by atoms with Gasteiger partial charge in [-0.15, -0.1) is 0 Å². The van der Waals surface area contributed by atoms with Crippen molar-refractivity contribution in [2.24, 2.45) is 0 Å². The normalized spacial score (nSPS) is 12.7. The number of sulfonamides is 1. The van der Waals surface area contributed by atoms with Gasteiger partial charge in [-0.05, 0) is 24.1 Å². The van der Waals surface area contributed by atoms with Gasteiger partial charge in [-0.25, -0.2) is 8.42 Å². The predicted octanol–water partition coefficient (Wildman–Crippen LogP) is 2.60. The molecule has 0 aliphatic carbocycles. The number of H-pyrrole nitrogens is 1. The van der Waals surface area contributed by atoms with Crippen molar-refractivity contribution in [3.8, 4) is 6.07 Å². The number of nitrogens with zero attached hydrogens (tertiary/aromatic N) is 2. The molecular weight excluding hydrogens is 365 g/mol. The van der Waals surface area contributed by atoms with Crippen molar-refractivity contribution in [2.45, 2.75) is 18.2 Å². The van der Waals surface area contributed by atoms with Gasteiger partial charge < -0.3 is 5.32 Å². The van der Waals surface area contributed by atoms with Crippen LogP contribution < -0.4 is 10.0 Å². The highest BCUT2D eigenvalue weighted by Gasteiger charge is 2.21. The molecule has 2 aromatic rings. The molecule has 0 amide bonds. The monoisotopic (exact) mass is 381 g/mol. The Labute approximate surface area is 148 Å². The number of rotatable bonds is 3. The lowest BCUT2D eigenvalue weighted by atomic mass is 9.96. The molecule has 1 aromatic carbocycles. The molecule has 0 bridgehead atoms. The van der Waals surface area contributed by atoms with E-state index < -0.39 is 10.0 Å². The fourth-order valence-electron chi connectivity index (χ4n) is 2.29. The molecule has 1 atom stereocenters. The van der Waals surface area contributed by atoms with Crippen LogP contribution in [0.1, 0.15) is 11.1 Å². The second-order valence-electron chi connectivity index (χ2n) is 4.93. The summed E-state index contributed by atoms with van der Waals surface area (Å²) in [6.07, 6.45) is 4.62. The van der Waals surface area contributed by atoms with E-state index >= 15 is 0 Å². The largest absolute Gasteiger partial charge is 0.359 e. The summed E-state index contributed by atoms with van der Waals surface area (Å²) in [6.45, 7) is 1.93. The number of nitriles is 1. The van der Waals surface area contributed by atoms with E-state index in [2.05, 4.69) is 47.0 Å². The highest BCUT2D eigenvalue weighted by molar-refractivity contribution is 8.31. The van der Waals surface area contributed by atoms with E-state index in [-0.39, 0.29) is 4.90 Å². The Balaban J connectivity index is 0.00000100. The van der Waals surface area contributed by atoms with E-state index in [9.17, 15) is 8.42 Å². The quantitative estimate of drug-likeness (QED) is 0.482. The van der Waals surface area contributed by atoms with Crippen LogP contribution in [0.2, 0.25) is 0 Å². The average molecular weight is 381 g/mol. The first-order valence-corrected chi connectivity index (χ1v) is 10.3. The van der Waals surface area contributed by atoms with E-state index in [1.54, 1.807) is 12.3 Å². The number of fused-ring (bicyclic) bond motifs is 1. The number of hydrogen-bond acceptors (Lipinski definition) is 6. The molecule has 3 rings (SSSR count). The van der Waals surface area contributed by atoms with Gasteiger partial charge in [0, 0.05) is 24.4 Å². The lowest BCUT2D eigenvalue weighted by Crippen LogP contribution is -2.16. The summed E-state index contributed by atoms with van der Waals surface area (Å²) in [7, 11) is -1.59. The molecule has 1 aliphatic heterocycles. The van der Waals surface area contributed by atoms with E-state index in [1.807, 2.05) is 13.0 Å². The fourth-order valence-corrected chi connectivity index (χ4v) is 3.27. The smallest absolute Gasteiger partial charge is 0.265 e. The van der Waals surface area contributed by atoms with Crippen LogP contribution in [0.15, 0.2) is 41.2 Å². The van der Waals surface area contributed by atoms with Crippen molar-refractivity contribution in [3.05, 3.63) is 47.4 Å². The number of nitrogens with one attached hydrogen (secondary N) is 3. The van der Waals surface area contributed by atoms with E-state index in [0.717, 1.165) is 11.1 Å². The Bertz CT molecular complexity index is 902. The minimum Gasteiger partial charge on any atom is -0.359 e. The summed E-state index contributed by atoms with van der Waals surface area (Å²) in [5.41, 5.74) is 3.62. The van der Waals surface area contributed by atoms with Gasteiger partial charge in [-0.2, -0.15) is 22.6 Å². The van der Waals surface area contributed by atoms with Gasteiger partial charge in [0.2, 0.25) is 0 Å². The Hall–Kier alpha value is -2.01. The molecule has 0 spiro atoms. The third kappa shape index (κ3) is 3.73. The molecule has 1 unspecified atom stereocenters. The molecule has 126 valence electrons. The minimum atomic E-state index is -3.70. The molecule has 1 aliphatic rings. The first-order chi connectivity index (χ1) is 11.5. The average Bonchev–Trinajstić information content (AvgIpc) is 3.14. The molecule has 0 saturated carbocycles. The summed E-state index contributed by atoms with van der Waals surface area (Å²) >= 11 is 3.44. The number of allylic oxidation sites excluding steroid dienone is 1. The minimum absolute atomic E-state index is 0.0610. The van der Waals surface area contributed by atoms with Crippen LogP contribution in [0, 0.1) is 18.3 Å². The lowest BCUT2D eigenvalue weighted by Gasteiger charge is -2.21. The highest BCUT2D eigenvalue weighted by atomic mass is 32.7. The molecule has 0 radical (unpaired) electrons. The maximum absolute atomic E-state index is 12.3. The fraction of sp³-hybridized carbons (Fsp3) is 0.143. The zero-order valence-corrected chi connectivity index (χ0v) is 15.6. The van der Waals surface area contributed by atoms with Crippen LogP contribution in [0.3, 0.4) is 0 Å². The van der Waals surface area contributed by atoms with Crippen LogP contribution in [0.5, 0.6) is 0 Å². The molecule has 7 nitrogen and oxygen atoms in total. The Kier molecular flexibility index (Phi) is 5.89. The topological polar surface area (TPSA) is 111 Å². The van der Waals surface area contributed by atoms with Crippen molar-refractivity contribution >= 4 is 42.1 Å². The number of aromatic nitrogens is 2. The molecule has 10 heteroatoms. The third-order valence-corrected chi connectivity index (χ3v) is 4.81. The maximum atomic E-state index is 12.3. The first-order valence-electron chi connectivity index (χ1n) is 6.77. The Morgan fingerprint density at radius 2 is 2.17 bits per heavy atom. The van der Waals surface area contributed by atoms with Crippen molar-refractivity contribution in [1.82, 2.24) is 10.2 Å². The number of anilines is 2. The van der Waals surface area contributed by atoms with Crippen molar-refractivity contribution in [3.63, 3.8) is 0 Å². The summed E-state index contributed by atoms with van der Waals surface area (Å²) < 4.78 is 27.1. The van der Waals surface area contributed by atoms with Crippen molar-refractivity contribution in [1.29, 1.82) is 5.26 Å². The standard InChI is InChI=1S/C14H13N5O2S.H3PS/c1-9-2-3-13(14-12(9)4-10(5-15)6-16-14)19-22(20,21)11-7-17-18-8-11;1-2/h2-3,6-8,16,19H,4H2,1H3,(H,17,18);2H,1H2. The number of hydrogen-bond donors (Lipinski definition) is 4. The van der Waals surface area contributed by atoms with E-state index in [1.165, 1.54) is 12.4 Å². The molecular formula is C14H16N5O2PS2. The molecule has 2 heterocycles. The summed E-state index contributed by atoms with van der Waals surface area (Å²) in [4.78, 5) is 0.0610. The molecule has 24 heavy (non-hydrogen) atoms. The second kappa shape index (κ2) is 7.71. The lowest BCUT2D eigenvalue weighted by molar-refractivity contribution is 0.601. The van der Waals surface area contributed by atoms with E-state index in [4.69, 9.17) is 5.26 Å². The van der Waals surface area contributed by atoms with Crippen LogP contribution in [0.25, 0.3) is 0 Å². The second-order valence-corrected chi connectivity index (χ2v) is 6.61. The van der Waals surface area contributed by atoms with Gasteiger partial charge in [0.25, 0.3) is 10.0 Å². The predicted molar refractivity (Wildman–Crippen MR) is 100 cm³/mol. The third-order valence-electron chi connectivity index (χ3n) is 3.48. The summed E-state index contributed by atoms with van der Waals surface area (Å²) in [5, 5.41) is 18.1. The molecule has 0 fully saturated rings. The van der Waals surface area contributed by atoms with Gasteiger partial charge in [0.15, 0.2) is 0 Å². The van der Waals surface area contributed by atoms with Gasteiger partial charge in [-0.3, -0.25) is 9.82 Å². The van der Waals surface area contributed by atoms with Gasteiger partial charge >= 0.3 is 0 Å². The SMILES string of the molecule is Cc1ccc(NS(=O)(=O)c2cn[nH]c2)c2c1CC(C#N)=CN2.PS. The van der Waals surface area contributed by atoms with Crippen molar-refractivity contribution in [2.75, 3.05) is 10.0 Å². The number of benzene rings is 1. The highest BCUT2D eigenvalue weighted by Crippen LogP contribution is 2.34. The Morgan fingerprint density at radius 1 is 1.42 bits per heavy atom. The molecule has 1 aromatic heterocycles. The molecule has 3 N–H and O–H groups in total. The maximum Gasteiger partial charge on any atom is 0.265 e. The number of aromatic amines is 1. The van der Waals surface area contributed by atoms with Gasteiger partial charge in [0.1, 0.15) is 4.90 Å². The zero-order valence-electron chi connectivity index (χ0n) is 12.7. The number of thiol groups is 1. The zero-order chi connectivity index (χ0) is 17.7. The summed E-state index contributed by atoms with van der Waals surface area (Å²) in [6, 6.07) is 5.64.